The van der Waals surface area contributed by atoms with E-state index in [9.17, 15) is 0 Å². The van der Waals surface area contributed by atoms with Crippen LogP contribution in [0.3, 0.4) is 0 Å². The van der Waals surface area contributed by atoms with Crippen molar-refractivity contribution in [1.29, 1.82) is 0 Å². The first kappa shape index (κ1) is 17.2. The third-order valence-electron chi connectivity index (χ3n) is 2.37. The van der Waals surface area contributed by atoms with Gasteiger partial charge in [0.05, 0.1) is 0 Å². The van der Waals surface area contributed by atoms with Crippen LogP contribution in [0.4, 0.5) is 0 Å². The van der Waals surface area contributed by atoms with Gasteiger partial charge in [-0.3, -0.25) is 0 Å². The number of hydrogen-bond acceptors (Lipinski definition) is 1. The standard InChI is InChI=1S/C8H19N.2CH4/c1-6-8(3,4)9(5)7-2;;/h6-7H2,1-5H3;2*1H4. The zero-order chi connectivity index (χ0) is 7.49. The molecule has 0 fully saturated rings. The SMILES string of the molecule is C.C.CCN(C)C(C)(C)CC. The molecule has 72 valence electrons. The van der Waals surface area contributed by atoms with Crippen LogP contribution in [0, 0.1) is 0 Å². The van der Waals surface area contributed by atoms with Crippen molar-refractivity contribution in [3.05, 3.63) is 0 Å². The fraction of sp³-hybridized carbons (Fsp3) is 1.00. The monoisotopic (exact) mass is 161 g/mol. The van der Waals surface area contributed by atoms with Gasteiger partial charge in [-0.15, -0.1) is 0 Å². The van der Waals surface area contributed by atoms with Gasteiger partial charge in [-0.25, -0.2) is 0 Å². The summed E-state index contributed by atoms with van der Waals surface area (Å²) in [4.78, 5) is 2.37. The molecule has 0 saturated heterocycles. The average Bonchev–Trinajstić information content (AvgIpc) is 1.86. The van der Waals surface area contributed by atoms with Crippen LogP contribution in [-0.4, -0.2) is 24.0 Å². The number of nitrogens with zero attached hydrogens (tertiary/aromatic N) is 1. The minimum atomic E-state index is 0. The van der Waals surface area contributed by atoms with Crippen LogP contribution in [0.1, 0.15) is 49.0 Å². The summed E-state index contributed by atoms with van der Waals surface area (Å²) in [7, 11) is 2.17. The molecule has 0 saturated carbocycles. The Morgan fingerprint density at radius 1 is 1.09 bits per heavy atom. The molecule has 0 aromatic heterocycles. The normalized spacial score (nSPS) is 10.4. The van der Waals surface area contributed by atoms with E-state index in [-0.39, 0.29) is 14.9 Å². The third-order valence-corrected chi connectivity index (χ3v) is 2.37. The van der Waals surface area contributed by atoms with Crippen molar-refractivity contribution in [3.8, 4) is 0 Å². The van der Waals surface area contributed by atoms with Gasteiger partial charge in [0.15, 0.2) is 0 Å². The molecule has 0 bridgehead atoms. The molecule has 0 radical (unpaired) electrons. The highest BCUT2D eigenvalue weighted by Gasteiger charge is 2.18. The van der Waals surface area contributed by atoms with Crippen molar-refractivity contribution in [1.82, 2.24) is 4.90 Å². The van der Waals surface area contributed by atoms with Crippen molar-refractivity contribution in [2.45, 2.75) is 54.5 Å². The van der Waals surface area contributed by atoms with Crippen LogP contribution in [0.15, 0.2) is 0 Å². The maximum Gasteiger partial charge on any atom is 0.0147 e. The van der Waals surface area contributed by atoms with E-state index >= 15 is 0 Å². The molecule has 0 rings (SSSR count). The van der Waals surface area contributed by atoms with Crippen LogP contribution in [0.5, 0.6) is 0 Å². The van der Waals surface area contributed by atoms with Crippen LogP contribution < -0.4 is 0 Å². The molecule has 0 aliphatic carbocycles. The molecule has 1 nitrogen and oxygen atoms in total. The Kier molecular flexibility index (Phi) is 10.4. The van der Waals surface area contributed by atoms with Gasteiger partial charge < -0.3 is 4.90 Å². The lowest BCUT2D eigenvalue weighted by molar-refractivity contribution is 0.159. The summed E-state index contributed by atoms with van der Waals surface area (Å²) in [5.41, 5.74) is 0.384. The lowest BCUT2D eigenvalue weighted by atomic mass is 10.0. The summed E-state index contributed by atoms with van der Waals surface area (Å²) >= 11 is 0. The summed E-state index contributed by atoms with van der Waals surface area (Å²) in [5, 5.41) is 0. The number of rotatable bonds is 3. The Labute approximate surface area is 73.8 Å². The first-order valence-electron chi connectivity index (χ1n) is 3.75. The molecule has 0 unspecified atom stereocenters. The molecule has 0 heterocycles. The highest BCUT2D eigenvalue weighted by atomic mass is 15.1. The van der Waals surface area contributed by atoms with Crippen molar-refractivity contribution in [3.63, 3.8) is 0 Å². The van der Waals surface area contributed by atoms with Crippen molar-refractivity contribution in [2.75, 3.05) is 13.6 Å². The Morgan fingerprint density at radius 2 is 1.45 bits per heavy atom. The lowest BCUT2D eigenvalue weighted by Gasteiger charge is -2.33. The van der Waals surface area contributed by atoms with Gasteiger partial charge in [-0.2, -0.15) is 0 Å². The highest BCUT2D eigenvalue weighted by Crippen LogP contribution is 2.14. The van der Waals surface area contributed by atoms with Crippen molar-refractivity contribution < 1.29 is 0 Å². The lowest BCUT2D eigenvalue weighted by Crippen LogP contribution is -2.40. The first-order chi connectivity index (χ1) is 4.04. The van der Waals surface area contributed by atoms with Gasteiger partial charge >= 0.3 is 0 Å². The zero-order valence-electron chi connectivity index (χ0n) is 7.36. The topological polar surface area (TPSA) is 3.24 Å². The second-order valence-electron chi connectivity index (χ2n) is 3.18. The Morgan fingerprint density at radius 3 is 1.55 bits per heavy atom. The van der Waals surface area contributed by atoms with E-state index in [1.165, 1.54) is 6.42 Å². The second kappa shape index (κ2) is 6.66. The molecule has 0 amide bonds. The second-order valence-corrected chi connectivity index (χ2v) is 3.18. The Bertz CT molecular complexity index is 76.9. The largest absolute Gasteiger partial charge is 0.302 e. The van der Waals surface area contributed by atoms with Crippen molar-refractivity contribution >= 4 is 0 Å². The van der Waals surface area contributed by atoms with Crippen LogP contribution >= 0.6 is 0 Å². The van der Waals surface area contributed by atoms with E-state index in [0.29, 0.717) is 5.54 Å². The quantitative estimate of drug-likeness (QED) is 0.613. The first-order valence-corrected chi connectivity index (χ1v) is 3.75. The van der Waals surface area contributed by atoms with Crippen LogP contribution in [0.2, 0.25) is 0 Å². The predicted molar refractivity (Wildman–Crippen MR) is 56.1 cm³/mol. The van der Waals surface area contributed by atoms with E-state index in [0.717, 1.165) is 6.54 Å². The van der Waals surface area contributed by atoms with E-state index in [1.807, 2.05) is 0 Å². The molecule has 1 heteroatoms. The van der Waals surface area contributed by atoms with Gasteiger partial charge in [0.25, 0.3) is 0 Å². The minimum absolute atomic E-state index is 0. The highest BCUT2D eigenvalue weighted by molar-refractivity contribution is 4.75. The van der Waals surface area contributed by atoms with Gasteiger partial charge in [0.2, 0.25) is 0 Å². The van der Waals surface area contributed by atoms with E-state index in [2.05, 4.69) is 39.6 Å². The molecule has 0 N–H and O–H groups in total. The summed E-state index contributed by atoms with van der Waals surface area (Å²) < 4.78 is 0. The fourth-order valence-electron chi connectivity index (χ4n) is 0.698. The van der Waals surface area contributed by atoms with Crippen LogP contribution in [-0.2, 0) is 0 Å². The van der Waals surface area contributed by atoms with Gasteiger partial charge in [0, 0.05) is 5.54 Å². The molecular formula is C10H27N. The molecular weight excluding hydrogens is 134 g/mol. The summed E-state index contributed by atoms with van der Waals surface area (Å²) in [6.07, 6.45) is 1.22. The fourth-order valence-corrected chi connectivity index (χ4v) is 0.698. The van der Waals surface area contributed by atoms with E-state index in [4.69, 9.17) is 0 Å². The molecule has 0 aliphatic heterocycles. The molecule has 11 heavy (non-hydrogen) atoms. The average molecular weight is 161 g/mol. The third kappa shape index (κ3) is 5.25. The number of hydrogen-bond donors (Lipinski definition) is 0. The summed E-state index contributed by atoms with van der Waals surface area (Å²) in [6, 6.07) is 0. The van der Waals surface area contributed by atoms with Crippen LogP contribution in [0.25, 0.3) is 0 Å². The smallest absolute Gasteiger partial charge is 0.0147 e. The molecule has 0 spiro atoms. The van der Waals surface area contributed by atoms with E-state index in [1.54, 1.807) is 0 Å². The van der Waals surface area contributed by atoms with Crippen molar-refractivity contribution in [2.24, 2.45) is 0 Å². The maximum absolute atomic E-state index is 2.37. The molecule has 0 atom stereocenters. The molecule has 0 aromatic carbocycles. The minimum Gasteiger partial charge on any atom is -0.302 e. The maximum atomic E-state index is 2.37. The zero-order valence-corrected chi connectivity index (χ0v) is 7.36. The van der Waals surface area contributed by atoms with Gasteiger partial charge in [-0.05, 0) is 33.9 Å². The predicted octanol–water partition coefficient (Wildman–Crippen LogP) is 3.40. The summed E-state index contributed by atoms with van der Waals surface area (Å²) in [6.45, 7) is 10.1. The molecule has 0 aliphatic rings. The summed E-state index contributed by atoms with van der Waals surface area (Å²) in [5.74, 6) is 0. The Balaban J connectivity index is -0.000000320. The van der Waals surface area contributed by atoms with E-state index < -0.39 is 0 Å². The van der Waals surface area contributed by atoms with Gasteiger partial charge in [-0.1, -0.05) is 28.7 Å². The molecule has 0 aromatic rings. The van der Waals surface area contributed by atoms with Gasteiger partial charge in [0.1, 0.15) is 0 Å². The Hall–Kier alpha value is -0.0400.